The Morgan fingerprint density at radius 3 is 2.29 bits per heavy atom. The molecule has 1 fully saturated rings. The molecule has 1 saturated heterocycles. The first kappa shape index (κ1) is 13.9. The minimum absolute atomic E-state index is 0.315. The van der Waals surface area contributed by atoms with E-state index in [2.05, 4.69) is 38.0 Å². The molecule has 0 spiro atoms. The highest BCUT2D eigenvalue weighted by Gasteiger charge is 2.24. The van der Waals surface area contributed by atoms with Crippen molar-refractivity contribution >= 4 is 0 Å². The zero-order valence-corrected chi connectivity index (χ0v) is 10.9. The first-order chi connectivity index (χ1) is 6.53. The summed E-state index contributed by atoms with van der Waals surface area (Å²) in [7, 11) is 2.20. The van der Waals surface area contributed by atoms with Crippen LogP contribution in [-0.4, -0.2) is 36.6 Å². The predicted molar refractivity (Wildman–Crippen MR) is 64.8 cm³/mol. The Labute approximate surface area is 90.1 Å². The van der Waals surface area contributed by atoms with Crippen LogP contribution in [0.4, 0.5) is 0 Å². The van der Waals surface area contributed by atoms with Gasteiger partial charge < -0.3 is 10.2 Å². The van der Waals surface area contributed by atoms with Crippen LogP contribution in [-0.2, 0) is 0 Å². The molecule has 1 aliphatic heterocycles. The molecule has 1 heterocycles. The number of nitrogens with one attached hydrogen (secondary N) is 1. The Morgan fingerprint density at radius 1 is 1.36 bits per heavy atom. The molecular formula is C12H28N2. The zero-order chi connectivity index (χ0) is 11.2. The lowest BCUT2D eigenvalue weighted by atomic mass is 10.0. The van der Waals surface area contributed by atoms with Crippen molar-refractivity contribution in [3.05, 3.63) is 0 Å². The molecule has 1 atom stereocenters. The molecule has 0 bridgehead atoms. The van der Waals surface area contributed by atoms with Gasteiger partial charge in [-0.3, -0.25) is 0 Å². The number of likely N-dealkylation sites (tertiary alicyclic amines) is 1. The molecule has 2 nitrogen and oxygen atoms in total. The Balaban J connectivity index is 0.000000791. The van der Waals surface area contributed by atoms with Gasteiger partial charge in [-0.15, -0.1) is 0 Å². The summed E-state index contributed by atoms with van der Waals surface area (Å²) in [5.74, 6) is 0. The molecule has 0 radical (unpaired) electrons. The highest BCUT2D eigenvalue weighted by atomic mass is 15.2. The summed E-state index contributed by atoms with van der Waals surface area (Å²) < 4.78 is 0. The fourth-order valence-corrected chi connectivity index (χ4v) is 1.71. The molecule has 86 valence electrons. The molecule has 1 rings (SSSR count). The molecule has 0 amide bonds. The summed E-state index contributed by atoms with van der Waals surface area (Å²) in [6.45, 7) is 13.3. The lowest BCUT2D eigenvalue weighted by Gasteiger charge is -2.28. The van der Waals surface area contributed by atoms with E-state index in [1.165, 1.54) is 25.9 Å². The molecule has 2 heteroatoms. The molecule has 0 aromatic heterocycles. The van der Waals surface area contributed by atoms with E-state index in [4.69, 9.17) is 0 Å². The number of likely N-dealkylation sites (N-methyl/N-ethyl adjacent to an activating group) is 1. The molecule has 1 N–H and O–H groups in total. The average Bonchev–Trinajstić information content (AvgIpc) is 2.54. The quantitative estimate of drug-likeness (QED) is 0.753. The lowest BCUT2D eigenvalue weighted by molar-refractivity contribution is 0.315. The first-order valence-electron chi connectivity index (χ1n) is 6.00. The van der Waals surface area contributed by atoms with Gasteiger partial charge in [-0.25, -0.2) is 0 Å². The first-order valence-corrected chi connectivity index (χ1v) is 6.00. The standard InChI is InChI=1S/C10H22N2.C2H6/c1-5-10(2,3)11-9-6-7-12(4)8-9;1-2/h9,11H,5-8H2,1-4H3;1-2H3. The summed E-state index contributed by atoms with van der Waals surface area (Å²) in [6, 6.07) is 0.713. The highest BCUT2D eigenvalue weighted by Crippen LogP contribution is 2.13. The smallest absolute Gasteiger partial charge is 0.0212 e. The van der Waals surface area contributed by atoms with Crippen molar-refractivity contribution < 1.29 is 0 Å². The molecule has 1 aliphatic rings. The maximum Gasteiger partial charge on any atom is 0.0212 e. The summed E-state index contributed by atoms with van der Waals surface area (Å²) in [5, 5.41) is 3.69. The van der Waals surface area contributed by atoms with E-state index >= 15 is 0 Å². The molecule has 0 aliphatic carbocycles. The van der Waals surface area contributed by atoms with E-state index in [1.54, 1.807) is 0 Å². The fourth-order valence-electron chi connectivity index (χ4n) is 1.71. The van der Waals surface area contributed by atoms with Gasteiger partial charge in [-0.1, -0.05) is 20.8 Å². The second kappa shape index (κ2) is 6.41. The van der Waals surface area contributed by atoms with Gasteiger partial charge in [-0.05, 0) is 40.3 Å². The van der Waals surface area contributed by atoms with E-state index in [1.807, 2.05) is 13.8 Å². The second-order valence-corrected chi connectivity index (χ2v) is 4.63. The van der Waals surface area contributed by atoms with Crippen LogP contribution in [0.15, 0.2) is 0 Å². The van der Waals surface area contributed by atoms with Crippen LogP contribution in [0.5, 0.6) is 0 Å². The van der Waals surface area contributed by atoms with Crippen LogP contribution in [0.25, 0.3) is 0 Å². The number of rotatable bonds is 3. The van der Waals surface area contributed by atoms with E-state index in [0.29, 0.717) is 11.6 Å². The second-order valence-electron chi connectivity index (χ2n) is 4.63. The van der Waals surface area contributed by atoms with E-state index in [0.717, 1.165) is 0 Å². The average molecular weight is 200 g/mol. The van der Waals surface area contributed by atoms with Crippen molar-refractivity contribution in [1.82, 2.24) is 10.2 Å². The van der Waals surface area contributed by atoms with Crippen molar-refractivity contribution in [2.45, 2.75) is 59.0 Å². The molecule has 0 aromatic carbocycles. The minimum atomic E-state index is 0.315. The Kier molecular flexibility index (Phi) is 6.38. The third kappa shape index (κ3) is 4.97. The van der Waals surface area contributed by atoms with Crippen LogP contribution in [0.3, 0.4) is 0 Å². The van der Waals surface area contributed by atoms with Crippen LogP contribution in [0.1, 0.15) is 47.5 Å². The minimum Gasteiger partial charge on any atom is -0.308 e. The molecule has 14 heavy (non-hydrogen) atoms. The van der Waals surface area contributed by atoms with Gasteiger partial charge in [0.1, 0.15) is 0 Å². The summed E-state index contributed by atoms with van der Waals surface area (Å²) in [4.78, 5) is 2.39. The SMILES string of the molecule is CC.CCC(C)(C)NC1CCN(C)C1. The van der Waals surface area contributed by atoms with Gasteiger partial charge in [0.15, 0.2) is 0 Å². The fraction of sp³-hybridized carbons (Fsp3) is 1.00. The third-order valence-corrected chi connectivity index (χ3v) is 2.87. The van der Waals surface area contributed by atoms with Crippen molar-refractivity contribution in [2.24, 2.45) is 0 Å². The number of hydrogen-bond acceptors (Lipinski definition) is 2. The van der Waals surface area contributed by atoms with E-state index < -0.39 is 0 Å². The molecular weight excluding hydrogens is 172 g/mol. The molecule has 0 saturated carbocycles. The Morgan fingerprint density at radius 2 is 1.93 bits per heavy atom. The zero-order valence-electron chi connectivity index (χ0n) is 10.9. The molecule has 0 aromatic rings. The van der Waals surface area contributed by atoms with Gasteiger partial charge in [0, 0.05) is 18.1 Å². The van der Waals surface area contributed by atoms with E-state index in [-0.39, 0.29) is 0 Å². The monoisotopic (exact) mass is 200 g/mol. The van der Waals surface area contributed by atoms with Crippen LogP contribution >= 0.6 is 0 Å². The van der Waals surface area contributed by atoms with Crippen molar-refractivity contribution in [2.75, 3.05) is 20.1 Å². The van der Waals surface area contributed by atoms with Gasteiger partial charge in [0.2, 0.25) is 0 Å². The van der Waals surface area contributed by atoms with Gasteiger partial charge in [0.05, 0.1) is 0 Å². The highest BCUT2D eigenvalue weighted by molar-refractivity contribution is 4.86. The van der Waals surface area contributed by atoms with Gasteiger partial charge in [-0.2, -0.15) is 0 Å². The third-order valence-electron chi connectivity index (χ3n) is 2.87. The van der Waals surface area contributed by atoms with Crippen molar-refractivity contribution in [3.63, 3.8) is 0 Å². The number of hydrogen-bond donors (Lipinski definition) is 1. The molecule has 1 unspecified atom stereocenters. The van der Waals surface area contributed by atoms with Crippen LogP contribution in [0, 0.1) is 0 Å². The predicted octanol–water partition coefficient (Wildman–Crippen LogP) is 2.49. The van der Waals surface area contributed by atoms with Crippen LogP contribution in [0.2, 0.25) is 0 Å². The maximum atomic E-state index is 3.69. The lowest BCUT2D eigenvalue weighted by Crippen LogP contribution is -2.46. The summed E-state index contributed by atoms with van der Waals surface area (Å²) in [6.07, 6.45) is 2.51. The van der Waals surface area contributed by atoms with Gasteiger partial charge in [0.25, 0.3) is 0 Å². The Bertz CT molecular complexity index is 143. The number of nitrogens with zero attached hydrogens (tertiary/aromatic N) is 1. The van der Waals surface area contributed by atoms with Crippen molar-refractivity contribution in [3.8, 4) is 0 Å². The normalized spacial score (nSPS) is 23.1. The maximum absolute atomic E-state index is 3.69. The largest absolute Gasteiger partial charge is 0.308 e. The van der Waals surface area contributed by atoms with Crippen LogP contribution < -0.4 is 5.32 Å². The van der Waals surface area contributed by atoms with Crippen molar-refractivity contribution in [1.29, 1.82) is 0 Å². The topological polar surface area (TPSA) is 15.3 Å². The van der Waals surface area contributed by atoms with E-state index in [9.17, 15) is 0 Å². The summed E-state index contributed by atoms with van der Waals surface area (Å²) >= 11 is 0. The Hall–Kier alpha value is -0.0800. The summed E-state index contributed by atoms with van der Waals surface area (Å²) in [5.41, 5.74) is 0.315. The van der Waals surface area contributed by atoms with Gasteiger partial charge >= 0.3 is 0 Å².